The molecule has 0 bridgehead atoms. The Labute approximate surface area is 144 Å². The molecule has 1 atom stereocenters. The van der Waals surface area contributed by atoms with E-state index in [1.54, 1.807) is 17.0 Å². The molecule has 2 heterocycles. The van der Waals surface area contributed by atoms with Crippen LogP contribution < -0.4 is 0 Å². The quantitative estimate of drug-likeness (QED) is 0.790. The lowest BCUT2D eigenvalue weighted by Gasteiger charge is -2.24. The van der Waals surface area contributed by atoms with Gasteiger partial charge in [-0.2, -0.15) is 0 Å². The lowest BCUT2D eigenvalue weighted by Crippen LogP contribution is -2.28. The van der Waals surface area contributed by atoms with Crippen LogP contribution in [0.1, 0.15) is 43.8 Å². The molecular formula is C20H15NO4. The van der Waals surface area contributed by atoms with Gasteiger partial charge in [0.05, 0.1) is 0 Å². The molecule has 5 heteroatoms. The molecular weight excluding hydrogens is 318 g/mol. The van der Waals surface area contributed by atoms with E-state index in [0.717, 1.165) is 11.1 Å². The lowest BCUT2D eigenvalue weighted by molar-refractivity contribution is 0.0653. The Morgan fingerprint density at radius 3 is 2.44 bits per heavy atom. The topological polar surface area (TPSA) is 70.8 Å². The number of hydrogen-bond acceptors (Lipinski definition) is 3. The van der Waals surface area contributed by atoms with Gasteiger partial charge in [-0.15, -0.1) is 0 Å². The number of nitrogens with zero attached hydrogens (tertiary/aromatic N) is 1. The second-order valence-corrected chi connectivity index (χ2v) is 5.92. The first-order chi connectivity index (χ1) is 12.1. The van der Waals surface area contributed by atoms with Crippen LogP contribution in [0, 0.1) is 0 Å². The number of fused-ring (bicyclic) bond motifs is 1. The Morgan fingerprint density at radius 1 is 1.00 bits per heavy atom. The number of rotatable bonds is 4. The van der Waals surface area contributed by atoms with Crippen LogP contribution in [-0.2, 0) is 6.54 Å². The second kappa shape index (κ2) is 5.94. The predicted molar refractivity (Wildman–Crippen MR) is 90.3 cm³/mol. The molecule has 5 nitrogen and oxygen atoms in total. The molecule has 1 aromatic heterocycles. The fourth-order valence-corrected chi connectivity index (χ4v) is 3.23. The third kappa shape index (κ3) is 2.59. The largest absolute Gasteiger partial charge is 0.475 e. The van der Waals surface area contributed by atoms with Crippen molar-refractivity contribution in [2.24, 2.45) is 0 Å². The molecule has 0 unspecified atom stereocenters. The van der Waals surface area contributed by atoms with Crippen LogP contribution in [0.4, 0.5) is 0 Å². The Balaban J connectivity index is 1.78. The Hall–Kier alpha value is -3.34. The van der Waals surface area contributed by atoms with Gasteiger partial charge >= 0.3 is 5.97 Å². The van der Waals surface area contributed by atoms with Crippen molar-refractivity contribution < 1.29 is 19.1 Å². The third-order valence-electron chi connectivity index (χ3n) is 4.36. The normalized spacial score (nSPS) is 16.1. The van der Waals surface area contributed by atoms with Gasteiger partial charge in [-0.25, -0.2) is 4.79 Å². The molecule has 1 aliphatic heterocycles. The summed E-state index contributed by atoms with van der Waals surface area (Å²) in [6.45, 7) is 0.419. The van der Waals surface area contributed by atoms with E-state index in [1.165, 1.54) is 6.07 Å². The van der Waals surface area contributed by atoms with Gasteiger partial charge in [0, 0.05) is 12.1 Å². The highest BCUT2D eigenvalue weighted by Crippen LogP contribution is 2.39. The molecule has 0 saturated heterocycles. The minimum atomic E-state index is -1.13. The summed E-state index contributed by atoms with van der Waals surface area (Å²) in [5.74, 6) is -0.894. The highest BCUT2D eigenvalue weighted by atomic mass is 16.4. The fraction of sp³-hybridized carbons (Fsp3) is 0.100. The maximum atomic E-state index is 12.9. The van der Waals surface area contributed by atoms with Crippen LogP contribution in [0.25, 0.3) is 0 Å². The molecule has 3 aromatic rings. The maximum Gasteiger partial charge on any atom is 0.371 e. The van der Waals surface area contributed by atoms with E-state index in [-0.39, 0.29) is 11.7 Å². The summed E-state index contributed by atoms with van der Waals surface area (Å²) in [5.41, 5.74) is 2.45. The summed E-state index contributed by atoms with van der Waals surface area (Å²) < 4.78 is 5.51. The molecule has 4 rings (SSSR count). The zero-order chi connectivity index (χ0) is 17.4. The van der Waals surface area contributed by atoms with E-state index in [0.29, 0.717) is 17.9 Å². The number of carbonyl (C=O) groups excluding carboxylic acids is 1. The summed E-state index contributed by atoms with van der Waals surface area (Å²) in [6, 6.07) is 19.7. The monoisotopic (exact) mass is 333 g/mol. The number of carboxylic acids is 1. The number of hydrogen-bond donors (Lipinski definition) is 1. The molecule has 0 aliphatic carbocycles. The van der Waals surface area contributed by atoms with E-state index in [2.05, 4.69) is 0 Å². The van der Waals surface area contributed by atoms with Gasteiger partial charge in [-0.3, -0.25) is 4.79 Å². The van der Waals surface area contributed by atoms with Crippen molar-refractivity contribution >= 4 is 11.9 Å². The highest BCUT2D eigenvalue weighted by molar-refractivity contribution is 5.99. The number of amides is 1. The first-order valence-electron chi connectivity index (χ1n) is 7.92. The lowest BCUT2D eigenvalue weighted by atomic mass is 10.0. The first kappa shape index (κ1) is 15.2. The number of furan rings is 1. The van der Waals surface area contributed by atoms with Crippen LogP contribution in [0.2, 0.25) is 0 Å². The van der Waals surface area contributed by atoms with Crippen LogP contribution in [0.3, 0.4) is 0 Å². The maximum absolute atomic E-state index is 12.9. The summed E-state index contributed by atoms with van der Waals surface area (Å²) in [4.78, 5) is 25.7. The molecule has 0 spiro atoms. The standard InChI is InChI=1S/C20H15NO4/c22-19-15-9-5-4-8-14(15)18(16-10-11-17(25-16)20(23)24)21(19)12-13-6-2-1-3-7-13/h1-11,18H,12H2,(H,23,24)/t18-/m0/s1. The van der Waals surface area contributed by atoms with Crippen LogP contribution in [0.5, 0.6) is 0 Å². The minimum absolute atomic E-state index is 0.0854. The Bertz CT molecular complexity index is 945. The molecule has 0 fully saturated rings. The van der Waals surface area contributed by atoms with Gasteiger partial charge in [0.1, 0.15) is 11.8 Å². The van der Waals surface area contributed by atoms with Crippen molar-refractivity contribution in [3.63, 3.8) is 0 Å². The van der Waals surface area contributed by atoms with Gasteiger partial charge in [0.25, 0.3) is 5.91 Å². The molecule has 0 radical (unpaired) electrons. The summed E-state index contributed by atoms with van der Waals surface area (Å²) in [7, 11) is 0. The van der Waals surface area contributed by atoms with Gasteiger partial charge in [0.2, 0.25) is 5.76 Å². The first-order valence-corrected chi connectivity index (χ1v) is 7.92. The van der Waals surface area contributed by atoms with Crippen molar-refractivity contribution in [1.82, 2.24) is 4.90 Å². The predicted octanol–water partition coefficient (Wildman–Crippen LogP) is 3.72. The Morgan fingerprint density at radius 2 is 1.72 bits per heavy atom. The van der Waals surface area contributed by atoms with Gasteiger partial charge in [-0.05, 0) is 29.3 Å². The van der Waals surface area contributed by atoms with Crippen molar-refractivity contribution in [3.8, 4) is 0 Å². The van der Waals surface area contributed by atoms with Crippen molar-refractivity contribution in [2.45, 2.75) is 12.6 Å². The van der Waals surface area contributed by atoms with E-state index in [9.17, 15) is 9.59 Å². The van der Waals surface area contributed by atoms with E-state index < -0.39 is 12.0 Å². The SMILES string of the molecule is O=C(O)c1ccc([C@@H]2c3ccccc3C(=O)N2Cc2ccccc2)o1. The van der Waals surface area contributed by atoms with Crippen molar-refractivity contribution in [1.29, 1.82) is 0 Å². The summed E-state index contributed by atoms with van der Waals surface area (Å²) in [5, 5.41) is 9.12. The molecule has 0 saturated carbocycles. The van der Waals surface area contributed by atoms with Crippen LogP contribution in [-0.4, -0.2) is 21.9 Å². The molecule has 1 aliphatic rings. The van der Waals surface area contributed by atoms with Gasteiger partial charge in [0.15, 0.2) is 0 Å². The van der Waals surface area contributed by atoms with Crippen LogP contribution >= 0.6 is 0 Å². The highest BCUT2D eigenvalue weighted by Gasteiger charge is 2.39. The molecule has 1 N–H and O–H groups in total. The molecule has 1 amide bonds. The smallest absolute Gasteiger partial charge is 0.371 e. The van der Waals surface area contributed by atoms with Crippen molar-refractivity contribution in [2.75, 3.05) is 0 Å². The minimum Gasteiger partial charge on any atom is -0.475 e. The second-order valence-electron chi connectivity index (χ2n) is 5.92. The third-order valence-corrected chi connectivity index (χ3v) is 4.36. The average molecular weight is 333 g/mol. The number of benzene rings is 2. The number of carboxylic acid groups (broad SMARTS) is 1. The van der Waals surface area contributed by atoms with Crippen molar-refractivity contribution in [3.05, 3.63) is 94.9 Å². The zero-order valence-electron chi connectivity index (χ0n) is 13.3. The number of carbonyl (C=O) groups is 2. The molecule has 2 aromatic carbocycles. The zero-order valence-corrected chi connectivity index (χ0v) is 13.3. The fourth-order valence-electron chi connectivity index (χ4n) is 3.23. The van der Waals surface area contributed by atoms with E-state index in [1.807, 2.05) is 48.5 Å². The van der Waals surface area contributed by atoms with E-state index >= 15 is 0 Å². The van der Waals surface area contributed by atoms with Gasteiger partial charge < -0.3 is 14.4 Å². The summed E-state index contributed by atoms with van der Waals surface area (Å²) in [6.07, 6.45) is 0. The molecule has 25 heavy (non-hydrogen) atoms. The Kier molecular flexibility index (Phi) is 3.61. The molecule has 124 valence electrons. The van der Waals surface area contributed by atoms with E-state index in [4.69, 9.17) is 9.52 Å². The average Bonchev–Trinajstić information content (AvgIpc) is 3.21. The summed E-state index contributed by atoms with van der Waals surface area (Å²) >= 11 is 0. The van der Waals surface area contributed by atoms with Crippen LogP contribution in [0.15, 0.2) is 71.1 Å². The van der Waals surface area contributed by atoms with Gasteiger partial charge in [-0.1, -0.05) is 48.5 Å². The number of aromatic carboxylic acids is 1.